The van der Waals surface area contributed by atoms with Gasteiger partial charge in [-0.15, -0.1) is 0 Å². The molecule has 0 aromatic carbocycles. The third-order valence-corrected chi connectivity index (χ3v) is 1.33. The van der Waals surface area contributed by atoms with Crippen LogP contribution in [-0.2, 0) is 19.5 Å². The monoisotopic (exact) mass is 554 g/mol. The maximum atomic E-state index is 9.75. The molecule has 0 aromatic heterocycles. The Labute approximate surface area is 180 Å². The second kappa shape index (κ2) is 27.4. The molecule has 0 radical (unpaired) electrons. The molecular formula is C12H18B3F12N2Rh. The van der Waals surface area contributed by atoms with Crippen molar-refractivity contribution in [2.75, 3.05) is 0 Å². The van der Waals surface area contributed by atoms with Gasteiger partial charge in [0.2, 0.25) is 0 Å². The molecule has 18 heteroatoms. The molecule has 0 unspecified atom stereocenters. The van der Waals surface area contributed by atoms with Gasteiger partial charge in [0.05, 0.1) is 12.1 Å². The summed E-state index contributed by atoms with van der Waals surface area (Å²) in [4.78, 5) is 0. The van der Waals surface area contributed by atoms with E-state index in [1.165, 1.54) is 39.5 Å². The Morgan fingerprint density at radius 2 is 0.567 bits per heavy atom. The fourth-order valence-corrected chi connectivity index (χ4v) is 0.856. The van der Waals surface area contributed by atoms with E-state index in [2.05, 4.69) is 24.3 Å². The third kappa shape index (κ3) is 413. The van der Waals surface area contributed by atoms with E-state index < -0.39 is 21.8 Å². The molecule has 0 heterocycles. The van der Waals surface area contributed by atoms with Crippen molar-refractivity contribution in [1.82, 2.24) is 0 Å². The first-order valence-electron chi connectivity index (χ1n) is 7.37. The summed E-state index contributed by atoms with van der Waals surface area (Å²) in [6.45, 7) is 2.86. The van der Waals surface area contributed by atoms with Crippen LogP contribution in [0.4, 0.5) is 51.8 Å². The SMILES string of the molecule is C1=C\CC/C=C\CC/1.CC#N.CC#N.F[B-](F)(F)F.F[B-](F)(F)F.F[B-](F)(F)F.[Rh+3]. The number of allylic oxidation sites excluding steroid dienone is 4. The maximum absolute atomic E-state index is 9.75. The minimum atomic E-state index is -6.00. The van der Waals surface area contributed by atoms with E-state index in [-0.39, 0.29) is 19.5 Å². The van der Waals surface area contributed by atoms with Gasteiger partial charge in [0.25, 0.3) is 0 Å². The molecular weight excluding hydrogens is 535 g/mol. The molecule has 1 rings (SSSR count). The molecule has 0 saturated heterocycles. The van der Waals surface area contributed by atoms with Gasteiger partial charge in [0.1, 0.15) is 0 Å². The largest absolute Gasteiger partial charge is 3.00 e. The summed E-state index contributed by atoms with van der Waals surface area (Å²) < 4.78 is 117. The predicted octanol–water partition coefficient (Wildman–Crippen LogP) is 7.63. The van der Waals surface area contributed by atoms with Gasteiger partial charge in [0.15, 0.2) is 0 Å². The van der Waals surface area contributed by atoms with E-state index in [0.29, 0.717) is 0 Å². The van der Waals surface area contributed by atoms with Crippen molar-refractivity contribution in [1.29, 1.82) is 10.5 Å². The first kappa shape index (κ1) is 42.5. The Hall–Kier alpha value is -1.56. The van der Waals surface area contributed by atoms with E-state index in [4.69, 9.17) is 10.5 Å². The minimum Gasteiger partial charge on any atom is -0.418 e. The zero-order chi connectivity index (χ0) is 24.6. The van der Waals surface area contributed by atoms with Crippen LogP contribution in [0.25, 0.3) is 0 Å². The van der Waals surface area contributed by atoms with Crippen LogP contribution in [0.3, 0.4) is 0 Å². The van der Waals surface area contributed by atoms with E-state index in [0.717, 1.165) is 0 Å². The number of rotatable bonds is 0. The normalized spacial score (nSPS) is 14.0. The van der Waals surface area contributed by atoms with Gasteiger partial charge in [-0.3, -0.25) is 0 Å². The van der Waals surface area contributed by atoms with Crippen molar-refractivity contribution in [3.05, 3.63) is 24.3 Å². The van der Waals surface area contributed by atoms with Gasteiger partial charge in [-0.05, 0) is 25.7 Å². The Balaban J connectivity index is -0.0000000595. The first-order valence-corrected chi connectivity index (χ1v) is 7.37. The summed E-state index contributed by atoms with van der Waals surface area (Å²) >= 11 is 0. The molecule has 0 fully saturated rings. The third-order valence-electron chi connectivity index (χ3n) is 1.33. The van der Waals surface area contributed by atoms with Crippen LogP contribution in [-0.4, -0.2) is 21.8 Å². The predicted molar refractivity (Wildman–Crippen MR) is 89.9 cm³/mol. The van der Waals surface area contributed by atoms with Crippen molar-refractivity contribution < 1.29 is 71.3 Å². The molecule has 0 aliphatic heterocycles. The average molecular weight is 554 g/mol. The first-order chi connectivity index (χ1) is 12.8. The van der Waals surface area contributed by atoms with Crippen molar-refractivity contribution >= 4 is 21.8 Å². The summed E-state index contributed by atoms with van der Waals surface area (Å²) in [5, 5.41) is 14.6. The van der Waals surface area contributed by atoms with Gasteiger partial charge in [-0.2, -0.15) is 10.5 Å². The van der Waals surface area contributed by atoms with Gasteiger partial charge < -0.3 is 51.8 Å². The second-order valence-corrected chi connectivity index (χ2v) is 4.03. The summed E-state index contributed by atoms with van der Waals surface area (Å²) in [7, 11) is -18.0. The fraction of sp³-hybridized carbons (Fsp3) is 0.500. The van der Waals surface area contributed by atoms with Gasteiger partial charge in [-0.25, -0.2) is 0 Å². The Kier molecular flexibility index (Phi) is 38.9. The maximum Gasteiger partial charge on any atom is 3.00 e. The van der Waals surface area contributed by atoms with E-state index >= 15 is 0 Å². The molecule has 0 N–H and O–H groups in total. The van der Waals surface area contributed by atoms with Crippen molar-refractivity contribution in [2.45, 2.75) is 39.5 Å². The van der Waals surface area contributed by atoms with E-state index in [1.54, 1.807) is 12.1 Å². The minimum absolute atomic E-state index is 0. The molecule has 0 atom stereocenters. The summed E-state index contributed by atoms with van der Waals surface area (Å²) in [5.74, 6) is 0. The molecule has 0 bridgehead atoms. The van der Waals surface area contributed by atoms with Crippen molar-refractivity contribution in [3.8, 4) is 12.1 Å². The van der Waals surface area contributed by atoms with Crippen molar-refractivity contribution in [3.63, 3.8) is 0 Å². The number of hydrogen-bond donors (Lipinski definition) is 0. The molecule has 1 aliphatic carbocycles. The molecule has 0 aromatic rings. The van der Waals surface area contributed by atoms with Crippen LogP contribution in [0.5, 0.6) is 0 Å². The number of hydrogen-bond acceptors (Lipinski definition) is 2. The zero-order valence-corrected chi connectivity index (χ0v) is 17.3. The molecule has 178 valence electrons. The number of nitriles is 2. The van der Waals surface area contributed by atoms with Crippen LogP contribution in [0.2, 0.25) is 0 Å². The second-order valence-electron chi connectivity index (χ2n) is 4.03. The Bertz CT molecular complexity index is 395. The fourth-order valence-electron chi connectivity index (χ4n) is 0.856. The van der Waals surface area contributed by atoms with Crippen molar-refractivity contribution in [2.24, 2.45) is 0 Å². The summed E-state index contributed by atoms with van der Waals surface area (Å²) in [5.41, 5.74) is 0. The summed E-state index contributed by atoms with van der Waals surface area (Å²) in [6.07, 6.45) is 14.0. The number of nitrogens with zero attached hydrogens (tertiary/aromatic N) is 2. The Morgan fingerprint density at radius 3 is 0.633 bits per heavy atom. The molecule has 0 saturated carbocycles. The molecule has 30 heavy (non-hydrogen) atoms. The molecule has 1 aliphatic rings. The van der Waals surface area contributed by atoms with E-state index in [9.17, 15) is 51.8 Å². The topological polar surface area (TPSA) is 47.6 Å². The quantitative estimate of drug-likeness (QED) is 0.176. The van der Waals surface area contributed by atoms with E-state index in [1.807, 2.05) is 0 Å². The smallest absolute Gasteiger partial charge is 0.418 e. The average Bonchev–Trinajstić information content (AvgIpc) is 2.32. The van der Waals surface area contributed by atoms with Crippen LogP contribution in [0.15, 0.2) is 24.3 Å². The van der Waals surface area contributed by atoms with Crippen LogP contribution in [0, 0.1) is 22.7 Å². The van der Waals surface area contributed by atoms with Crippen LogP contribution < -0.4 is 0 Å². The van der Waals surface area contributed by atoms with Crippen LogP contribution >= 0.6 is 0 Å². The number of halogens is 12. The molecule has 2 nitrogen and oxygen atoms in total. The zero-order valence-electron chi connectivity index (χ0n) is 15.6. The standard InChI is InChI=1S/C8H12.2C2H3N.3BF4.Rh/c1-2-4-6-8-7-5-3-1;2*1-2-3;3*2-1(3,4)5;/h1-2,7-8H,3-6H2;2*1H3;;;;/q;;;3*-1;+3/b2-1-,8-7-;;;;;;. The van der Waals surface area contributed by atoms with Gasteiger partial charge in [0, 0.05) is 13.8 Å². The van der Waals surface area contributed by atoms with Gasteiger partial charge in [-0.1, -0.05) is 24.3 Å². The molecule has 0 spiro atoms. The molecule has 0 amide bonds. The summed E-state index contributed by atoms with van der Waals surface area (Å²) in [6, 6.07) is 3.50. The van der Waals surface area contributed by atoms with Gasteiger partial charge >= 0.3 is 41.2 Å². The Morgan fingerprint density at radius 1 is 0.500 bits per heavy atom. The van der Waals surface area contributed by atoms with Crippen LogP contribution in [0.1, 0.15) is 39.5 Å².